The zero-order valence-corrected chi connectivity index (χ0v) is 13.5. The summed E-state index contributed by atoms with van der Waals surface area (Å²) in [7, 11) is 0. The van der Waals surface area contributed by atoms with E-state index in [1.54, 1.807) is 11.8 Å². The summed E-state index contributed by atoms with van der Waals surface area (Å²) < 4.78 is 1.43. The van der Waals surface area contributed by atoms with Gasteiger partial charge in [-0.2, -0.15) is 0 Å². The van der Waals surface area contributed by atoms with Crippen LogP contribution in [0.15, 0.2) is 0 Å². The zero-order valence-electron chi connectivity index (χ0n) is 13.5. The van der Waals surface area contributed by atoms with Crippen molar-refractivity contribution < 1.29 is 14.7 Å². The number of aromatic carboxylic acids is 1. The van der Waals surface area contributed by atoms with Crippen molar-refractivity contribution in [1.29, 1.82) is 0 Å². The molecule has 1 aromatic rings. The van der Waals surface area contributed by atoms with Crippen LogP contribution in [0.4, 0.5) is 0 Å². The fourth-order valence-electron chi connectivity index (χ4n) is 2.31. The van der Waals surface area contributed by atoms with Crippen molar-refractivity contribution in [3.63, 3.8) is 0 Å². The third kappa shape index (κ3) is 3.40. The first-order valence-electron chi connectivity index (χ1n) is 7.12. The minimum Gasteiger partial charge on any atom is -0.476 e. The maximum absolute atomic E-state index is 12.5. The lowest BCUT2D eigenvalue weighted by Crippen LogP contribution is -2.38. The van der Waals surface area contributed by atoms with Gasteiger partial charge in [-0.15, -0.1) is 5.10 Å². The Morgan fingerprint density at radius 1 is 1.29 bits per heavy atom. The van der Waals surface area contributed by atoms with Crippen LogP contribution < -0.4 is 0 Å². The molecule has 0 aliphatic carbocycles. The monoisotopic (exact) mass is 296 g/mol. The van der Waals surface area contributed by atoms with Crippen LogP contribution in [-0.4, -0.2) is 50.0 Å². The number of rotatable bonds is 5. The van der Waals surface area contributed by atoms with Gasteiger partial charge in [0.1, 0.15) is 6.04 Å². The van der Waals surface area contributed by atoms with Gasteiger partial charge in [0, 0.05) is 18.5 Å². The lowest BCUT2D eigenvalue weighted by molar-refractivity contribution is -0.134. The molecule has 1 rings (SSSR count). The molecule has 1 unspecified atom stereocenters. The SMILES string of the molecule is CCN(CC)C(=O)C(C)n1nnc(C(=O)O)c1C(C)(C)C. The number of hydrogen-bond donors (Lipinski definition) is 1. The van der Waals surface area contributed by atoms with E-state index in [9.17, 15) is 14.7 Å². The van der Waals surface area contributed by atoms with Gasteiger partial charge in [-0.05, 0) is 20.8 Å². The van der Waals surface area contributed by atoms with Gasteiger partial charge < -0.3 is 10.0 Å². The Balaban J connectivity index is 3.31. The largest absolute Gasteiger partial charge is 0.476 e. The molecule has 7 heteroatoms. The van der Waals surface area contributed by atoms with Gasteiger partial charge in [0.25, 0.3) is 0 Å². The molecular weight excluding hydrogens is 272 g/mol. The zero-order chi connectivity index (χ0) is 16.4. The number of aromatic nitrogens is 3. The van der Waals surface area contributed by atoms with E-state index >= 15 is 0 Å². The molecule has 0 bridgehead atoms. The van der Waals surface area contributed by atoms with E-state index in [1.807, 2.05) is 34.6 Å². The average molecular weight is 296 g/mol. The second kappa shape index (κ2) is 6.24. The van der Waals surface area contributed by atoms with Crippen LogP contribution in [0.25, 0.3) is 0 Å². The van der Waals surface area contributed by atoms with E-state index in [-0.39, 0.29) is 11.6 Å². The summed E-state index contributed by atoms with van der Waals surface area (Å²) in [5.41, 5.74) is -0.112. The number of carboxylic acids is 1. The van der Waals surface area contributed by atoms with Crippen LogP contribution in [0.3, 0.4) is 0 Å². The number of carbonyl (C=O) groups excluding carboxylic acids is 1. The molecule has 21 heavy (non-hydrogen) atoms. The van der Waals surface area contributed by atoms with E-state index in [0.29, 0.717) is 18.8 Å². The van der Waals surface area contributed by atoms with Crippen molar-refractivity contribution in [2.24, 2.45) is 0 Å². The Morgan fingerprint density at radius 3 is 2.19 bits per heavy atom. The maximum Gasteiger partial charge on any atom is 0.358 e. The highest BCUT2D eigenvalue weighted by Gasteiger charge is 2.33. The van der Waals surface area contributed by atoms with Crippen LogP contribution in [0.5, 0.6) is 0 Å². The Morgan fingerprint density at radius 2 is 1.81 bits per heavy atom. The van der Waals surface area contributed by atoms with E-state index in [2.05, 4.69) is 10.3 Å². The summed E-state index contributed by atoms with van der Waals surface area (Å²) >= 11 is 0. The van der Waals surface area contributed by atoms with Gasteiger partial charge in [-0.25, -0.2) is 9.48 Å². The fraction of sp³-hybridized carbons (Fsp3) is 0.714. The maximum atomic E-state index is 12.5. The van der Waals surface area contributed by atoms with Gasteiger partial charge >= 0.3 is 5.97 Å². The summed E-state index contributed by atoms with van der Waals surface area (Å²) in [5.74, 6) is -1.22. The highest BCUT2D eigenvalue weighted by molar-refractivity contribution is 5.87. The van der Waals surface area contributed by atoms with Crippen molar-refractivity contribution in [1.82, 2.24) is 19.9 Å². The van der Waals surface area contributed by atoms with E-state index < -0.39 is 17.4 Å². The lowest BCUT2D eigenvalue weighted by atomic mass is 9.90. The molecule has 1 heterocycles. The molecular formula is C14H24N4O3. The third-order valence-electron chi connectivity index (χ3n) is 3.41. The molecule has 1 N–H and O–H groups in total. The number of carbonyl (C=O) groups is 2. The molecule has 0 radical (unpaired) electrons. The number of likely N-dealkylation sites (N-methyl/N-ethyl adjacent to an activating group) is 1. The molecule has 1 atom stereocenters. The van der Waals surface area contributed by atoms with Gasteiger partial charge in [0.05, 0.1) is 5.69 Å². The molecule has 0 fully saturated rings. The molecule has 0 saturated carbocycles. The summed E-state index contributed by atoms with van der Waals surface area (Å²) in [5, 5.41) is 16.9. The minimum atomic E-state index is -1.13. The van der Waals surface area contributed by atoms with Crippen LogP contribution in [0.1, 0.15) is 63.8 Å². The number of hydrogen-bond acceptors (Lipinski definition) is 4. The average Bonchev–Trinajstić information content (AvgIpc) is 2.83. The van der Waals surface area contributed by atoms with Crippen molar-refractivity contribution >= 4 is 11.9 Å². The normalized spacial score (nSPS) is 13.0. The van der Waals surface area contributed by atoms with Crippen molar-refractivity contribution in [3.05, 3.63) is 11.4 Å². The molecule has 0 spiro atoms. The minimum absolute atomic E-state index is 0.0904. The van der Waals surface area contributed by atoms with Crippen LogP contribution in [0, 0.1) is 0 Å². The first-order valence-corrected chi connectivity index (χ1v) is 7.12. The van der Waals surface area contributed by atoms with E-state index in [1.165, 1.54) is 4.68 Å². The molecule has 118 valence electrons. The second-order valence-electron chi connectivity index (χ2n) is 5.97. The first kappa shape index (κ1) is 17.1. The van der Waals surface area contributed by atoms with Crippen LogP contribution in [-0.2, 0) is 10.2 Å². The smallest absolute Gasteiger partial charge is 0.358 e. The predicted molar refractivity (Wildman–Crippen MR) is 78.3 cm³/mol. The molecule has 0 aliphatic rings. The third-order valence-corrected chi connectivity index (χ3v) is 3.41. The van der Waals surface area contributed by atoms with Crippen LogP contribution >= 0.6 is 0 Å². The summed E-state index contributed by atoms with van der Waals surface area (Å²) in [6.45, 7) is 12.4. The number of nitrogens with zero attached hydrogens (tertiary/aromatic N) is 4. The van der Waals surface area contributed by atoms with Gasteiger partial charge in [-0.1, -0.05) is 26.0 Å². The topological polar surface area (TPSA) is 88.3 Å². The van der Waals surface area contributed by atoms with Crippen molar-refractivity contribution in [3.8, 4) is 0 Å². The second-order valence-corrected chi connectivity index (χ2v) is 5.97. The Bertz CT molecular complexity index is 527. The predicted octanol–water partition coefficient (Wildman–Crippen LogP) is 1.70. The van der Waals surface area contributed by atoms with Gasteiger partial charge in [0.15, 0.2) is 5.69 Å². The summed E-state index contributed by atoms with van der Waals surface area (Å²) in [6.07, 6.45) is 0. The van der Waals surface area contributed by atoms with E-state index in [4.69, 9.17) is 0 Å². The molecule has 0 aromatic carbocycles. The highest BCUT2D eigenvalue weighted by Crippen LogP contribution is 2.27. The fourth-order valence-corrected chi connectivity index (χ4v) is 2.31. The van der Waals surface area contributed by atoms with Crippen molar-refractivity contribution in [2.75, 3.05) is 13.1 Å². The quantitative estimate of drug-likeness (QED) is 0.893. The molecule has 1 aromatic heterocycles. The summed E-state index contributed by atoms with van der Waals surface area (Å²) in [6, 6.07) is -0.584. The molecule has 7 nitrogen and oxygen atoms in total. The first-order chi connectivity index (χ1) is 9.65. The Kier molecular flexibility index (Phi) is 5.09. The number of amides is 1. The molecule has 0 saturated heterocycles. The molecule has 1 amide bonds. The Labute approximate surface area is 124 Å². The van der Waals surface area contributed by atoms with Crippen LogP contribution in [0.2, 0.25) is 0 Å². The van der Waals surface area contributed by atoms with E-state index in [0.717, 1.165) is 0 Å². The Hall–Kier alpha value is -1.92. The standard InChI is InChI=1S/C14H24N4O3/c1-7-17(8-2)12(19)9(3)18-11(14(4,5)6)10(13(20)21)15-16-18/h9H,7-8H2,1-6H3,(H,20,21). The summed E-state index contributed by atoms with van der Waals surface area (Å²) in [4.78, 5) is 25.5. The number of carboxylic acid groups (broad SMARTS) is 1. The molecule has 0 aliphatic heterocycles. The van der Waals surface area contributed by atoms with Gasteiger partial charge in [-0.3, -0.25) is 4.79 Å². The van der Waals surface area contributed by atoms with Gasteiger partial charge in [0.2, 0.25) is 5.91 Å². The highest BCUT2D eigenvalue weighted by atomic mass is 16.4. The lowest BCUT2D eigenvalue weighted by Gasteiger charge is -2.27. The van der Waals surface area contributed by atoms with Crippen molar-refractivity contribution in [2.45, 2.75) is 53.0 Å².